The van der Waals surface area contributed by atoms with Crippen LogP contribution in [0.25, 0.3) is 0 Å². The first-order valence-electron chi connectivity index (χ1n) is 10.1. The number of carbonyl (C=O) groups excluding carboxylic acids is 3. The van der Waals surface area contributed by atoms with Crippen molar-refractivity contribution in [2.24, 2.45) is 23.7 Å². The van der Waals surface area contributed by atoms with Crippen LogP contribution in [0.15, 0.2) is 66.7 Å². The lowest BCUT2D eigenvalue weighted by Gasteiger charge is -2.18. The number of hydrogen-bond acceptors (Lipinski definition) is 3. The maximum atomic E-state index is 13.0. The first kappa shape index (κ1) is 17.9. The van der Waals surface area contributed by atoms with Crippen LogP contribution in [0.1, 0.15) is 18.4 Å². The van der Waals surface area contributed by atoms with E-state index in [-0.39, 0.29) is 41.4 Å². The summed E-state index contributed by atoms with van der Waals surface area (Å²) in [6.07, 6.45) is 6.12. The number of aryl methyl sites for hydroxylation is 1. The number of benzene rings is 2. The van der Waals surface area contributed by atoms with Gasteiger partial charge >= 0.3 is 0 Å². The monoisotopic (exact) mass is 386 g/mol. The van der Waals surface area contributed by atoms with Gasteiger partial charge in [0.2, 0.25) is 17.7 Å². The van der Waals surface area contributed by atoms with Gasteiger partial charge in [-0.05, 0) is 48.4 Å². The fourth-order valence-electron chi connectivity index (χ4n) is 5.01. The SMILES string of the molecule is O=C(CCc1ccccc1)Nc1cccc(N2C(=O)[C@@H]3[C@H](C2=O)[C@H]2C=C[C@H]3C2)c1. The summed E-state index contributed by atoms with van der Waals surface area (Å²) in [7, 11) is 0. The van der Waals surface area contributed by atoms with E-state index in [0.717, 1.165) is 12.0 Å². The molecule has 3 amide bonds. The number of nitrogens with zero attached hydrogens (tertiary/aromatic N) is 1. The molecule has 146 valence electrons. The van der Waals surface area contributed by atoms with Crippen molar-refractivity contribution in [2.45, 2.75) is 19.3 Å². The lowest BCUT2D eigenvalue weighted by Crippen LogP contribution is -2.32. The fourth-order valence-corrected chi connectivity index (χ4v) is 5.01. The van der Waals surface area contributed by atoms with Crippen LogP contribution in [0.2, 0.25) is 0 Å². The number of nitrogens with one attached hydrogen (secondary N) is 1. The number of fused-ring (bicyclic) bond motifs is 5. The molecule has 1 saturated heterocycles. The van der Waals surface area contributed by atoms with Crippen LogP contribution < -0.4 is 10.2 Å². The van der Waals surface area contributed by atoms with E-state index in [9.17, 15) is 14.4 Å². The molecule has 0 unspecified atom stereocenters. The number of rotatable bonds is 5. The molecule has 5 rings (SSSR count). The zero-order valence-electron chi connectivity index (χ0n) is 16.0. The third-order valence-electron chi connectivity index (χ3n) is 6.34. The molecule has 5 nitrogen and oxygen atoms in total. The summed E-state index contributed by atoms with van der Waals surface area (Å²) in [6.45, 7) is 0. The maximum absolute atomic E-state index is 13.0. The molecule has 0 aromatic heterocycles. The van der Waals surface area contributed by atoms with Gasteiger partial charge in [-0.1, -0.05) is 48.6 Å². The topological polar surface area (TPSA) is 66.5 Å². The Morgan fingerprint density at radius 2 is 1.62 bits per heavy atom. The largest absolute Gasteiger partial charge is 0.326 e. The van der Waals surface area contributed by atoms with Crippen LogP contribution >= 0.6 is 0 Å². The van der Waals surface area contributed by atoms with Gasteiger partial charge in [0.25, 0.3) is 0 Å². The molecule has 0 spiro atoms. The second kappa shape index (κ2) is 6.99. The maximum Gasteiger partial charge on any atom is 0.238 e. The van der Waals surface area contributed by atoms with Crippen molar-refractivity contribution >= 4 is 29.1 Å². The predicted molar refractivity (Wildman–Crippen MR) is 110 cm³/mol. The summed E-state index contributed by atoms with van der Waals surface area (Å²) in [6, 6.07) is 16.9. The second-order valence-corrected chi connectivity index (χ2v) is 8.10. The molecule has 2 aliphatic carbocycles. The standard InChI is InChI=1S/C24H22N2O3/c27-20(12-9-15-5-2-1-3-6-15)25-18-7-4-8-19(14-18)26-23(28)21-16-10-11-17(13-16)22(21)24(26)29/h1-8,10-11,14,16-17,21-22H,9,12-13H2,(H,25,27)/t16-,17-,21-,22+/m0/s1. The third kappa shape index (κ3) is 3.07. The summed E-state index contributed by atoms with van der Waals surface area (Å²) in [5.74, 6) is -0.374. The summed E-state index contributed by atoms with van der Waals surface area (Å²) < 4.78 is 0. The molecule has 1 heterocycles. The van der Waals surface area contributed by atoms with E-state index in [1.165, 1.54) is 4.90 Å². The van der Waals surface area contributed by atoms with E-state index in [1.807, 2.05) is 30.3 Å². The molecule has 4 atom stereocenters. The molecule has 5 heteroatoms. The highest BCUT2D eigenvalue weighted by Crippen LogP contribution is 2.53. The Bertz CT molecular complexity index is 984. The highest BCUT2D eigenvalue weighted by atomic mass is 16.2. The minimum atomic E-state index is -0.221. The normalized spacial score (nSPS) is 26.8. The van der Waals surface area contributed by atoms with E-state index >= 15 is 0 Å². The number of imide groups is 1. The van der Waals surface area contributed by atoms with Gasteiger partial charge in [0.05, 0.1) is 17.5 Å². The van der Waals surface area contributed by atoms with E-state index in [4.69, 9.17) is 0 Å². The Morgan fingerprint density at radius 1 is 0.931 bits per heavy atom. The summed E-state index contributed by atoms with van der Waals surface area (Å²) in [4.78, 5) is 39.6. The summed E-state index contributed by atoms with van der Waals surface area (Å²) >= 11 is 0. The van der Waals surface area contributed by atoms with Gasteiger partial charge in [-0.25, -0.2) is 4.90 Å². The van der Waals surface area contributed by atoms with Gasteiger partial charge in [0.1, 0.15) is 0 Å². The average molecular weight is 386 g/mol. The Labute approximate surface area is 169 Å². The van der Waals surface area contributed by atoms with Gasteiger partial charge in [-0.15, -0.1) is 0 Å². The van der Waals surface area contributed by atoms with Crippen LogP contribution in [0.4, 0.5) is 11.4 Å². The Kier molecular flexibility index (Phi) is 4.31. The molecule has 2 aromatic rings. The van der Waals surface area contributed by atoms with Crippen molar-refractivity contribution in [3.63, 3.8) is 0 Å². The first-order valence-corrected chi connectivity index (χ1v) is 10.1. The van der Waals surface area contributed by atoms with Crippen LogP contribution in [0.3, 0.4) is 0 Å². The summed E-state index contributed by atoms with van der Waals surface area (Å²) in [5.41, 5.74) is 2.24. The lowest BCUT2D eigenvalue weighted by atomic mass is 9.85. The molecule has 1 aliphatic heterocycles. The molecule has 2 aromatic carbocycles. The zero-order chi connectivity index (χ0) is 20.0. The smallest absolute Gasteiger partial charge is 0.238 e. The van der Waals surface area contributed by atoms with E-state index in [1.54, 1.807) is 24.3 Å². The summed E-state index contributed by atoms with van der Waals surface area (Å²) in [5, 5.41) is 2.89. The lowest BCUT2D eigenvalue weighted by molar-refractivity contribution is -0.123. The van der Waals surface area contributed by atoms with Gasteiger partial charge in [-0.3, -0.25) is 14.4 Å². The molecular weight excluding hydrogens is 364 g/mol. The number of hydrogen-bond donors (Lipinski definition) is 1. The molecular formula is C24H22N2O3. The Hall–Kier alpha value is -3.21. The van der Waals surface area contributed by atoms with Gasteiger partial charge in [0, 0.05) is 12.1 Å². The van der Waals surface area contributed by atoms with Crippen molar-refractivity contribution in [3.8, 4) is 0 Å². The predicted octanol–water partition coefficient (Wildman–Crippen LogP) is 3.57. The molecule has 2 bridgehead atoms. The fraction of sp³-hybridized carbons (Fsp3) is 0.292. The first-order chi connectivity index (χ1) is 14.1. The van der Waals surface area contributed by atoms with Gasteiger partial charge in [0.15, 0.2) is 0 Å². The van der Waals surface area contributed by atoms with Crippen molar-refractivity contribution in [3.05, 3.63) is 72.3 Å². The van der Waals surface area contributed by atoms with Crippen LogP contribution in [-0.2, 0) is 20.8 Å². The highest BCUT2D eigenvalue weighted by molar-refractivity contribution is 6.23. The molecule has 29 heavy (non-hydrogen) atoms. The number of allylic oxidation sites excluding steroid dienone is 2. The van der Waals surface area contributed by atoms with E-state index in [2.05, 4.69) is 17.5 Å². The van der Waals surface area contributed by atoms with Crippen LogP contribution in [0, 0.1) is 23.7 Å². The highest BCUT2D eigenvalue weighted by Gasteiger charge is 2.59. The van der Waals surface area contributed by atoms with Crippen molar-refractivity contribution < 1.29 is 14.4 Å². The minimum Gasteiger partial charge on any atom is -0.326 e. The van der Waals surface area contributed by atoms with E-state index in [0.29, 0.717) is 24.2 Å². The van der Waals surface area contributed by atoms with Crippen LogP contribution in [0.5, 0.6) is 0 Å². The van der Waals surface area contributed by atoms with Crippen molar-refractivity contribution in [2.75, 3.05) is 10.2 Å². The van der Waals surface area contributed by atoms with Gasteiger partial charge < -0.3 is 5.32 Å². The Balaban J connectivity index is 1.28. The van der Waals surface area contributed by atoms with E-state index < -0.39 is 0 Å². The molecule has 0 radical (unpaired) electrons. The second-order valence-electron chi connectivity index (χ2n) is 8.10. The quantitative estimate of drug-likeness (QED) is 0.631. The molecule has 1 N–H and O–H groups in total. The Morgan fingerprint density at radius 3 is 2.31 bits per heavy atom. The minimum absolute atomic E-state index is 0.0933. The number of amides is 3. The van der Waals surface area contributed by atoms with Crippen LogP contribution in [-0.4, -0.2) is 17.7 Å². The number of anilines is 2. The van der Waals surface area contributed by atoms with Gasteiger partial charge in [-0.2, -0.15) is 0 Å². The third-order valence-corrected chi connectivity index (χ3v) is 6.34. The molecule has 2 fully saturated rings. The average Bonchev–Trinajstić information content (AvgIpc) is 3.41. The van der Waals surface area contributed by atoms with Crippen molar-refractivity contribution in [1.82, 2.24) is 0 Å². The molecule has 3 aliphatic rings. The number of carbonyl (C=O) groups is 3. The zero-order valence-corrected chi connectivity index (χ0v) is 16.0. The van der Waals surface area contributed by atoms with Crippen molar-refractivity contribution in [1.29, 1.82) is 0 Å². The molecule has 1 saturated carbocycles.